The van der Waals surface area contributed by atoms with Crippen LogP contribution >= 0.6 is 0 Å². The second kappa shape index (κ2) is 22.0. The van der Waals surface area contributed by atoms with Crippen molar-refractivity contribution in [2.75, 3.05) is 0 Å². The van der Waals surface area contributed by atoms with Gasteiger partial charge in [0.15, 0.2) is 0 Å². The number of H-pyrrole nitrogens is 4. The zero-order valence-corrected chi connectivity index (χ0v) is 48.9. The first-order chi connectivity index (χ1) is 37.9. The molecule has 0 spiro atoms. The van der Waals surface area contributed by atoms with Crippen molar-refractivity contribution < 1.29 is 0 Å². The number of allylic oxidation sites excluding steroid dienone is 8. The van der Waals surface area contributed by atoms with Crippen LogP contribution in [0, 0.1) is 0 Å². The van der Waals surface area contributed by atoms with E-state index in [0.717, 1.165) is 214 Å². The van der Waals surface area contributed by atoms with Gasteiger partial charge in [-0.25, -0.2) is 19.9 Å². The van der Waals surface area contributed by atoms with Crippen molar-refractivity contribution in [3.63, 3.8) is 0 Å². The number of aryl methyl sites for hydroxylation is 4. The normalized spacial score (nSPS) is 14.0. The number of benzene rings is 1. The van der Waals surface area contributed by atoms with Crippen LogP contribution in [0.1, 0.15) is 228 Å². The van der Waals surface area contributed by atoms with Crippen molar-refractivity contribution in [1.29, 1.82) is 0 Å². The highest BCUT2D eigenvalue weighted by Gasteiger charge is 2.24. The molecule has 0 saturated carbocycles. The third-order valence-corrected chi connectivity index (χ3v) is 17.8. The molecule has 0 saturated heterocycles. The number of nitrogens with one attached hydrogen (secondary N) is 4. The summed E-state index contributed by atoms with van der Waals surface area (Å²) in [6.07, 6.45) is 16.7. The molecule has 8 heteroatoms. The van der Waals surface area contributed by atoms with Gasteiger partial charge in [0.05, 0.1) is 45.6 Å². The minimum Gasteiger partial charge on any atom is -0.355 e. The van der Waals surface area contributed by atoms with Crippen molar-refractivity contribution in [1.82, 2.24) is 39.9 Å². The maximum Gasteiger partial charge on any atom is 0.0693 e. The first kappa shape index (κ1) is 53.0. The molecular formula is C70H82N8. The van der Waals surface area contributed by atoms with Crippen molar-refractivity contribution >= 4 is 110 Å². The van der Waals surface area contributed by atoms with E-state index < -0.39 is 0 Å². The van der Waals surface area contributed by atoms with E-state index in [1.807, 2.05) is 0 Å². The third-order valence-electron chi connectivity index (χ3n) is 17.8. The predicted octanol–water partition coefficient (Wildman–Crippen LogP) is 20.0. The Kier molecular flexibility index (Phi) is 14.9. The number of aromatic amines is 4. The van der Waals surface area contributed by atoms with Crippen molar-refractivity contribution in [3.8, 4) is 0 Å². The molecule has 4 aliphatic rings. The quantitative estimate of drug-likeness (QED) is 0.0772. The minimum atomic E-state index is 0.943. The Morgan fingerprint density at radius 2 is 0.474 bits per heavy atom. The van der Waals surface area contributed by atoms with Crippen molar-refractivity contribution in [2.45, 2.75) is 186 Å². The van der Waals surface area contributed by atoms with Gasteiger partial charge < -0.3 is 19.9 Å². The van der Waals surface area contributed by atoms with Gasteiger partial charge in [-0.3, -0.25) is 0 Å². The zero-order chi connectivity index (χ0) is 54.5. The van der Waals surface area contributed by atoms with Gasteiger partial charge in [-0.05, 0) is 232 Å². The van der Waals surface area contributed by atoms with Gasteiger partial charge >= 0.3 is 0 Å². The Bertz CT molecular complexity index is 3540. The summed E-state index contributed by atoms with van der Waals surface area (Å²) in [6, 6.07) is 23.5. The SMILES string of the molecule is CCCCC1=C(C)c2cc3[nH]c(cc4nc(cc5[nH]c(cc1n2)c(CC)c5CC)C(CCCC)=C4C)c1cc2c4cc5nc(cc6[nH]c(cc7nc(cc([nH]4)c2cc31)C(C)=C7CCCC)c(CC)c6CC)C(CCCC)=C5C. The summed E-state index contributed by atoms with van der Waals surface area (Å²) in [7, 11) is 0. The highest BCUT2D eigenvalue weighted by atomic mass is 14.8. The second-order valence-electron chi connectivity index (χ2n) is 22.6. The van der Waals surface area contributed by atoms with Gasteiger partial charge in [-0.15, -0.1) is 0 Å². The molecule has 4 N–H and O–H groups in total. The molecule has 402 valence electrons. The molecule has 4 aliphatic heterocycles. The van der Waals surface area contributed by atoms with Gasteiger partial charge in [0.25, 0.3) is 0 Å². The molecule has 0 radical (unpaired) electrons. The summed E-state index contributed by atoms with van der Waals surface area (Å²) in [6.45, 7) is 27.4. The molecule has 78 heavy (non-hydrogen) atoms. The van der Waals surface area contributed by atoms with Crippen LogP contribution in [0.15, 0.2) is 60.7 Å². The monoisotopic (exact) mass is 1030 g/mol. The average Bonchev–Trinajstić information content (AvgIpc) is 4.44. The number of hydrogen-bond acceptors (Lipinski definition) is 4. The molecule has 11 rings (SSSR count). The van der Waals surface area contributed by atoms with Gasteiger partial charge in [0, 0.05) is 65.7 Å². The summed E-state index contributed by atoms with van der Waals surface area (Å²) in [4.78, 5) is 38.2. The van der Waals surface area contributed by atoms with E-state index in [9.17, 15) is 0 Å². The first-order valence-corrected chi connectivity index (χ1v) is 30.0. The summed E-state index contributed by atoms with van der Waals surface area (Å²) >= 11 is 0. The fourth-order valence-corrected chi connectivity index (χ4v) is 13.2. The topological polar surface area (TPSA) is 115 Å². The maximum absolute atomic E-state index is 5.56. The smallest absolute Gasteiger partial charge is 0.0693 e. The maximum atomic E-state index is 5.56. The standard InChI is InChI=1S/C70H82N8/c1-13-21-25-47-39(9)55-31-67-51-29-53-54(30-52(51)68(77-67)32-56-40(10)48(26-22-14-2)64(72-56)36-60-44(18-6)43(17-5)59(75-60)35-63(47)71-55)70-34-58-42(12)50(28-24-16-4)66(74-58)38-62-46(20-8)45(19-7)61(76-62)37-65-49(27-23-15-3)41(11)57(73-65)33-69(53)78-70/h29-38,75-78H,13-28H2,1-12H3. The van der Waals surface area contributed by atoms with E-state index in [2.05, 4.69) is 164 Å². The summed E-state index contributed by atoms with van der Waals surface area (Å²) in [5.41, 5.74) is 33.0. The number of rotatable bonds is 16. The lowest BCUT2D eigenvalue weighted by Crippen LogP contribution is -1.88. The van der Waals surface area contributed by atoms with Crippen LogP contribution in [-0.2, 0) is 25.7 Å². The second-order valence-corrected chi connectivity index (χ2v) is 22.6. The molecule has 10 heterocycles. The van der Waals surface area contributed by atoms with E-state index in [1.165, 1.54) is 66.8 Å². The van der Waals surface area contributed by atoms with E-state index in [4.69, 9.17) is 19.9 Å². The van der Waals surface area contributed by atoms with Crippen LogP contribution in [0.4, 0.5) is 0 Å². The van der Waals surface area contributed by atoms with E-state index >= 15 is 0 Å². The summed E-state index contributed by atoms with van der Waals surface area (Å²) in [5, 5.41) is 4.60. The summed E-state index contributed by atoms with van der Waals surface area (Å²) in [5.74, 6) is 0. The Hall–Kier alpha value is -7.06. The van der Waals surface area contributed by atoms with Gasteiger partial charge in [0.2, 0.25) is 0 Å². The number of aromatic nitrogens is 8. The first-order valence-electron chi connectivity index (χ1n) is 30.0. The van der Waals surface area contributed by atoms with Crippen LogP contribution in [0.25, 0.3) is 110 Å². The van der Waals surface area contributed by atoms with Crippen LogP contribution < -0.4 is 0 Å². The molecule has 1 aromatic carbocycles. The number of fused-ring (bicyclic) bond motifs is 22. The number of unbranched alkanes of at least 4 members (excludes halogenated alkanes) is 4. The Labute approximate surface area is 462 Å². The highest BCUT2D eigenvalue weighted by molar-refractivity contribution is 6.20. The number of hydrogen-bond donors (Lipinski definition) is 4. The van der Waals surface area contributed by atoms with Crippen LogP contribution in [0.3, 0.4) is 0 Å². The lowest BCUT2D eigenvalue weighted by Gasteiger charge is -2.04. The largest absolute Gasteiger partial charge is 0.355 e. The van der Waals surface area contributed by atoms with Gasteiger partial charge in [-0.1, -0.05) is 81.1 Å². The molecule has 7 aromatic rings. The Morgan fingerprint density at radius 3 is 0.679 bits per heavy atom. The van der Waals surface area contributed by atoms with Crippen molar-refractivity contribution in [2.24, 2.45) is 0 Å². The molecule has 8 nitrogen and oxygen atoms in total. The van der Waals surface area contributed by atoms with Crippen LogP contribution in [-0.4, -0.2) is 39.9 Å². The Balaban J connectivity index is 1.29. The lowest BCUT2D eigenvalue weighted by molar-refractivity contribution is 0.824. The van der Waals surface area contributed by atoms with Crippen LogP contribution in [0.5, 0.6) is 0 Å². The van der Waals surface area contributed by atoms with E-state index in [1.54, 1.807) is 0 Å². The molecule has 0 unspecified atom stereocenters. The lowest BCUT2D eigenvalue weighted by atomic mass is 9.98. The molecule has 0 atom stereocenters. The van der Waals surface area contributed by atoms with Crippen LogP contribution in [0.2, 0.25) is 0 Å². The fraction of sp³-hybridized carbons (Fsp3) is 0.400. The molecule has 0 aliphatic carbocycles. The zero-order valence-electron chi connectivity index (χ0n) is 48.9. The molecule has 16 bridgehead atoms. The Morgan fingerprint density at radius 1 is 0.269 bits per heavy atom. The highest BCUT2D eigenvalue weighted by Crippen LogP contribution is 2.43. The minimum absolute atomic E-state index is 0.943. The number of nitrogens with zero attached hydrogens (tertiary/aromatic N) is 4. The molecular weight excluding hydrogens is 953 g/mol. The van der Waals surface area contributed by atoms with Crippen molar-refractivity contribution in [3.05, 3.63) is 128 Å². The summed E-state index contributed by atoms with van der Waals surface area (Å²) < 4.78 is 0. The average molecular weight is 1040 g/mol. The third kappa shape index (κ3) is 9.30. The molecule has 6 aromatic heterocycles. The van der Waals surface area contributed by atoms with Gasteiger partial charge in [-0.2, -0.15) is 0 Å². The van der Waals surface area contributed by atoms with E-state index in [-0.39, 0.29) is 0 Å². The molecule has 0 amide bonds. The predicted molar refractivity (Wildman–Crippen MR) is 336 cm³/mol. The molecule has 0 fully saturated rings. The van der Waals surface area contributed by atoms with E-state index in [0.29, 0.717) is 0 Å². The van der Waals surface area contributed by atoms with Gasteiger partial charge in [0.1, 0.15) is 0 Å². The fourth-order valence-electron chi connectivity index (χ4n) is 13.2.